The molecule has 0 N–H and O–H groups in total. The average Bonchev–Trinajstić information content (AvgIpc) is 3.62. The van der Waals surface area contributed by atoms with Crippen LogP contribution in [0.1, 0.15) is 0 Å². The molecule has 0 aliphatic carbocycles. The van der Waals surface area contributed by atoms with Crippen molar-refractivity contribution in [2.24, 2.45) is 0 Å². The number of fused-ring (bicyclic) bond motifs is 6. The van der Waals surface area contributed by atoms with Gasteiger partial charge in [-0.25, -0.2) is 0 Å². The standard InChI is InChI=1S/C42H27NO/c1-3-12-28(13-4-1)31-22-32(29-14-5-2-6-15-29)24-33(23-31)30-16-11-17-34(25-30)43-39-20-9-7-18-35(39)37-27-42-38(26-40(37)43)36-19-8-10-21-41(36)44-42/h1-27H. The monoisotopic (exact) mass is 561 g/mol. The van der Waals surface area contributed by atoms with Crippen LogP contribution in [-0.4, -0.2) is 4.57 Å². The molecule has 0 saturated carbocycles. The minimum Gasteiger partial charge on any atom is -0.456 e. The van der Waals surface area contributed by atoms with Crippen LogP contribution in [-0.2, 0) is 0 Å². The van der Waals surface area contributed by atoms with Crippen LogP contribution in [0.25, 0.3) is 82.8 Å². The third-order valence-electron chi connectivity index (χ3n) is 8.76. The Morgan fingerprint density at radius 1 is 0.318 bits per heavy atom. The zero-order valence-electron chi connectivity index (χ0n) is 23.9. The lowest BCUT2D eigenvalue weighted by Crippen LogP contribution is -1.94. The van der Waals surface area contributed by atoms with Gasteiger partial charge in [-0.1, -0.05) is 109 Å². The number of hydrogen-bond acceptors (Lipinski definition) is 1. The topological polar surface area (TPSA) is 18.1 Å². The van der Waals surface area contributed by atoms with E-state index in [2.05, 4.69) is 156 Å². The van der Waals surface area contributed by atoms with E-state index in [0.717, 1.165) is 27.6 Å². The van der Waals surface area contributed by atoms with E-state index in [1.54, 1.807) is 0 Å². The van der Waals surface area contributed by atoms with Crippen molar-refractivity contribution in [2.45, 2.75) is 0 Å². The molecule has 0 aliphatic heterocycles. The van der Waals surface area contributed by atoms with Crippen molar-refractivity contribution >= 4 is 43.7 Å². The molecule has 0 radical (unpaired) electrons. The molecule has 0 fully saturated rings. The normalized spacial score (nSPS) is 11.6. The van der Waals surface area contributed by atoms with Gasteiger partial charge in [0.25, 0.3) is 0 Å². The summed E-state index contributed by atoms with van der Waals surface area (Å²) >= 11 is 0. The highest BCUT2D eigenvalue weighted by molar-refractivity contribution is 6.17. The SMILES string of the molecule is c1ccc(-c2cc(-c3ccccc3)cc(-c3cccc(-n4c5ccccc5c5cc6oc7ccccc7c6cc54)c3)c2)cc1. The molecule has 7 aromatic carbocycles. The minimum atomic E-state index is 0.917. The number of para-hydroxylation sites is 2. The number of rotatable bonds is 4. The van der Waals surface area contributed by atoms with E-state index in [9.17, 15) is 0 Å². The molecule has 2 nitrogen and oxygen atoms in total. The number of nitrogens with zero attached hydrogens (tertiary/aromatic N) is 1. The van der Waals surface area contributed by atoms with Crippen LogP contribution in [0, 0.1) is 0 Å². The predicted octanol–water partition coefficient (Wildman–Crippen LogP) is 11.7. The molecule has 0 saturated heterocycles. The fourth-order valence-corrected chi connectivity index (χ4v) is 6.68. The maximum Gasteiger partial charge on any atom is 0.136 e. The lowest BCUT2D eigenvalue weighted by molar-refractivity contribution is 0.669. The maximum absolute atomic E-state index is 6.29. The molecular weight excluding hydrogens is 534 g/mol. The van der Waals surface area contributed by atoms with E-state index in [-0.39, 0.29) is 0 Å². The van der Waals surface area contributed by atoms with Gasteiger partial charge in [0.05, 0.1) is 11.0 Å². The largest absolute Gasteiger partial charge is 0.456 e. The summed E-state index contributed by atoms with van der Waals surface area (Å²) in [5.41, 5.74) is 12.5. The van der Waals surface area contributed by atoms with Crippen LogP contribution in [0.2, 0.25) is 0 Å². The van der Waals surface area contributed by atoms with Gasteiger partial charge in [-0.05, 0) is 88.0 Å². The first-order chi connectivity index (χ1) is 21.8. The first kappa shape index (κ1) is 24.7. The molecule has 0 atom stereocenters. The molecule has 0 aliphatic rings. The summed E-state index contributed by atoms with van der Waals surface area (Å²) in [5.74, 6) is 0. The Kier molecular flexibility index (Phi) is 5.54. The van der Waals surface area contributed by atoms with E-state index in [1.165, 1.54) is 55.2 Å². The summed E-state index contributed by atoms with van der Waals surface area (Å²) in [7, 11) is 0. The lowest BCUT2D eigenvalue weighted by Gasteiger charge is -2.13. The molecule has 9 aromatic rings. The van der Waals surface area contributed by atoms with Gasteiger partial charge in [0, 0.05) is 27.2 Å². The highest BCUT2D eigenvalue weighted by Gasteiger charge is 2.17. The van der Waals surface area contributed by atoms with Gasteiger partial charge >= 0.3 is 0 Å². The van der Waals surface area contributed by atoms with Crippen molar-refractivity contribution in [2.75, 3.05) is 0 Å². The van der Waals surface area contributed by atoms with E-state index < -0.39 is 0 Å². The Labute approximate surface area is 255 Å². The summed E-state index contributed by atoms with van der Waals surface area (Å²) in [5, 5.41) is 4.68. The molecule has 0 spiro atoms. The highest BCUT2D eigenvalue weighted by atomic mass is 16.3. The number of hydrogen-bond donors (Lipinski definition) is 0. The molecular formula is C42H27NO. The third kappa shape index (κ3) is 3.96. The van der Waals surface area contributed by atoms with Gasteiger partial charge in [0.15, 0.2) is 0 Å². The van der Waals surface area contributed by atoms with Crippen LogP contribution in [0.15, 0.2) is 168 Å². The minimum absolute atomic E-state index is 0.917. The van der Waals surface area contributed by atoms with Crippen molar-refractivity contribution in [3.63, 3.8) is 0 Å². The molecule has 2 heteroatoms. The molecule has 9 rings (SSSR count). The second-order valence-electron chi connectivity index (χ2n) is 11.4. The maximum atomic E-state index is 6.29. The first-order valence-electron chi connectivity index (χ1n) is 15.0. The number of benzene rings is 7. The molecule has 0 unspecified atom stereocenters. The molecule has 44 heavy (non-hydrogen) atoms. The van der Waals surface area contributed by atoms with E-state index in [4.69, 9.17) is 4.42 Å². The number of aromatic nitrogens is 1. The van der Waals surface area contributed by atoms with E-state index >= 15 is 0 Å². The van der Waals surface area contributed by atoms with Crippen molar-refractivity contribution in [1.82, 2.24) is 4.57 Å². The van der Waals surface area contributed by atoms with Gasteiger partial charge < -0.3 is 8.98 Å². The van der Waals surface area contributed by atoms with Gasteiger partial charge in [-0.3, -0.25) is 0 Å². The Morgan fingerprint density at radius 3 is 1.64 bits per heavy atom. The fourth-order valence-electron chi connectivity index (χ4n) is 6.68. The Bertz CT molecular complexity index is 2420. The summed E-state index contributed by atoms with van der Waals surface area (Å²) in [6.45, 7) is 0. The predicted molar refractivity (Wildman–Crippen MR) is 184 cm³/mol. The Morgan fingerprint density at radius 2 is 0.909 bits per heavy atom. The van der Waals surface area contributed by atoms with E-state index in [1.807, 2.05) is 12.1 Å². The first-order valence-corrected chi connectivity index (χ1v) is 15.0. The van der Waals surface area contributed by atoms with Crippen molar-refractivity contribution in [3.05, 3.63) is 164 Å². The zero-order valence-corrected chi connectivity index (χ0v) is 23.9. The van der Waals surface area contributed by atoms with Crippen LogP contribution in [0.4, 0.5) is 0 Å². The van der Waals surface area contributed by atoms with Crippen LogP contribution < -0.4 is 0 Å². The second kappa shape index (κ2) is 9.86. The van der Waals surface area contributed by atoms with Gasteiger partial charge in [-0.15, -0.1) is 0 Å². The quantitative estimate of drug-likeness (QED) is 0.209. The van der Waals surface area contributed by atoms with Gasteiger partial charge in [0.2, 0.25) is 0 Å². The second-order valence-corrected chi connectivity index (χ2v) is 11.4. The summed E-state index contributed by atoms with van der Waals surface area (Å²) in [6, 6.07) is 58.6. The Hall–Kier alpha value is -5.86. The van der Waals surface area contributed by atoms with Crippen molar-refractivity contribution in [3.8, 4) is 39.1 Å². The molecule has 2 aromatic heterocycles. The van der Waals surface area contributed by atoms with E-state index in [0.29, 0.717) is 0 Å². The highest BCUT2D eigenvalue weighted by Crippen LogP contribution is 2.39. The van der Waals surface area contributed by atoms with Gasteiger partial charge in [-0.2, -0.15) is 0 Å². The molecule has 206 valence electrons. The van der Waals surface area contributed by atoms with Crippen LogP contribution in [0.3, 0.4) is 0 Å². The average molecular weight is 562 g/mol. The van der Waals surface area contributed by atoms with Crippen molar-refractivity contribution in [1.29, 1.82) is 0 Å². The van der Waals surface area contributed by atoms with Gasteiger partial charge in [0.1, 0.15) is 11.2 Å². The molecule has 2 heterocycles. The van der Waals surface area contributed by atoms with Crippen LogP contribution in [0.5, 0.6) is 0 Å². The molecule has 0 bridgehead atoms. The van der Waals surface area contributed by atoms with Crippen LogP contribution >= 0.6 is 0 Å². The lowest BCUT2D eigenvalue weighted by atomic mass is 9.93. The summed E-state index contributed by atoms with van der Waals surface area (Å²) in [6.07, 6.45) is 0. The van der Waals surface area contributed by atoms with Crippen molar-refractivity contribution < 1.29 is 4.42 Å². The number of furan rings is 1. The Balaban J connectivity index is 1.27. The summed E-state index contributed by atoms with van der Waals surface area (Å²) < 4.78 is 8.68. The smallest absolute Gasteiger partial charge is 0.136 e. The fraction of sp³-hybridized carbons (Fsp3) is 0. The summed E-state index contributed by atoms with van der Waals surface area (Å²) in [4.78, 5) is 0. The third-order valence-corrected chi connectivity index (χ3v) is 8.76. The zero-order chi connectivity index (χ0) is 29.0. The molecule has 0 amide bonds.